The van der Waals surface area contributed by atoms with E-state index >= 15 is 0 Å². The molecule has 0 saturated carbocycles. The molecule has 28 heavy (non-hydrogen) atoms. The van der Waals surface area contributed by atoms with Gasteiger partial charge < -0.3 is 14.4 Å². The molecule has 0 radical (unpaired) electrons. The van der Waals surface area contributed by atoms with Crippen LogP contribution in [0.15, 0.2) is 42.5 Å². The van der Waals surface area contributed by atoms with E-state index in [1.807, 2.05) is 29.2 Å². The molecule has 1 aliphatic rings. The Hall–Kier alpha value is -2.53. The van der Waals surface area contributed by atoms with Crippen LogP contribution in [-0.4, -0.2) is 56.1 Å². The van der Waals surface area contributed by atoms with Crippen molar-refractivity contribution in [3.8, 4) is 11.5 Å². The minimum absolute atomic E-state index is 0.118. The van der Waals surface area contributed by atoms with E-state index in [4.69, 9.17) is 9.47 Å². The Morgan fingerprint density at radius 1 is 1.07 bits per heavy atom. The zero-order valence-electron chi connectivity index (χ0n) is 17.3. The third-order valence-electron chi connectivity index (χ3n) is 5.56. The van der Waals surface area contributed by atoms with Gasteiger partial charge in [-0.05, 0) is 48.3 Å². The van der Waals surface area contributed by atoms with E-state index < -0.39 is 0 Å². The summed E-state index contributed by atoms with van der Waals surface area (Å²) in [5, 5.41) is 0. The van der Waals surface area contributed by atoms with Gasteiger partial charge in [0.15, 0.2) is 11.5 Å². The Labute approximate surface area is 167 Å². The average Bonchev–Trinajstić information content (AvgIpc) is 2.75. The van der Waals surface area contributed by atoms with Gasteiger partial charge in [0.05, 0.1) is 26.8 Å². The molecule has 1 atom stereocenters. The zero-order chi connectivity index (χ0) is 20.1. The molecule has 0 aliphatic carbocycles. The standard InChI is InChI=1S/C23H30N2O3/c1-5-24(6-2)16-22(26)25-13-12-18-14-20(27-3)21(28-4)15-19(18)23(25)17-10-8-7-9-11-17/h7-11,14-15,23H,5-6,12-13,16H2,1-4H3. The van der Waals surface area contributed by atoms with E-state index in [9.17, 15) is 4.79 Å². The van der Waals surface area contributed by atoms with Crippen LogP contribution in [0.5, 0.6) is 11.5 Å². The number of likely N-dealkylation sites (N-methyl/N-ethyl adjacent to an activating group) is 1. The van der Waals surface area contributed by atoms with E-state index in [2.05, 4.69) is 36.9 Å². The minimum atomic E-state index is -0.118. The van der Waals surface area contributed by atoms with Crippen LogP contribution in [0, 0.1) is 0 Å². The van der Waals surface area contributed by atoms with E-state index in [1.54, 1.807) is 14.2 Å². The zero-order valence-corrected chi connectivity index (χ0v) is 17.3. The Bertz CT molecular complexity index is 803. The first-order valence-corrected chi connectivity index (χ1v) is 9.94. The maximum Gasteiger partial charge on any atom is 0.237 e. The number of fused-ring (bicyclic) bond motifs is 1. The van der Waals surface area contributed by atoms with Crippen molar-refractivity contribution in [3.05, 3.63) is 59.2 Å². The number of amides is 1. The number of carbonyl (C=O) groups is 1. The molecule has 0 bridgehead atoms. The lowest BCUT2D eigenvalue weighted by molar-refractivity contribution is -0.134. The van der Waals surface area contributed by atoms with Crippen LogP contribution in [0.4, 0.5) is 0 Å². The number of methoxy groups -OCH3 is 2. The summed E-state index contributed by atoms with van der Waals surface area (Å²) < 4.78 is 11.0. The smallest absolute Gasteiger partial charge is 0.237 e. The Kier molecular flexibility index (Phi) is 6.57. The van der Waals surface area contributed by atoms with Gasteiger partial charge in [-0.2, -0.15) is 0 Å². The molecule has 0 aromatic heterocycles. The van der Waals surface area contributed by atoms with Gasteiger partial charge in [0.1, 0.15) is 0 Å². The second-order valence-electron chi connectivity index (χ2n) is 7.02. The molecule has 1 amide bonds. The van der Waals surface area contributed by atoms with Crippen LogP contribution in [0.3, 0.4) is 0 Å². The second kappa shape index (κ2) is 9.11. The first kappa shape index (κ1) is 20.2. The van der Waals surface area contributed by atoms with Gasteiger partial charge in [0, 0.05) is 6.54 Å². The largest absolute Gasteiger partial charge is 0.493 e. The van der Waals surface area contributed by atoms with Gasteiger partial charge in [-0.3, -0.25) is 9.69 Å². The maximum atomic E-state index is 13.2. The van der Waals surface area contributed by atoms with Gasteiger partial charge in [-0.25, -0.2) is 0 Å². The average molecular weight is 383 g/mol. The number of benzene rings is 2. The van der Waals surface area contributed by atoms with Gasteiger partial charge in [0.2, 0.25) is 5.91 Å². The number of hydrogen-bond donors (Lipinski definition) is 0. The van der Waals surface area contributed by atoms with Crippen molar-refractivity contribution in [2.45, 2.75) is 26.3 Å². The van der Waals surface area contributed by atoms with Crippen LogP contribution >= 0.6 is 0 Å². The van der Waals surface area contributed by atoms with E-state index in [1.165, 1.54) is 5.56 Å². The van der Waals surface area contributed by atoms with Crippen molar-refractivity contribution in [1.82, 2.24) is 9.80 Å². The third-order valence-corrected chi connectivity index (χ3v) is 5.56. The fourth-order valence-electron chi connectivity index (χ4n) is 3.94. The molecule has 3 rings (SSSR count). The molecule has 2 aromatic carbocycles. The summed E-state index contributed by atoms with van der Waals surface area (Å²) in [6.45, 7) is 7.06. The summed E-state index contributed by atoms with van der Waals surface area (Å²) in [6.07, 6.45) is 0.809. The van der Waals surface area contributed by atoms with Crippen molar-refractivity contribution >= 4 is 5.91 Å². The van der Waals surface area contributed by atoms with Crippen LogP contribution in [-0.2, 0) is 11.2 Å². The number of hydrogen-bond acceptors (Lipinski definition) is 4. The van der Waals surface area contributed by atoms with Crippen molar-refractivity contribution in [2.75, 3.05) is 40.4 Å². The molecule has 150 valence electrons. The van der Waals surface area contributed by atoms with E-state index in [0.717, 1.165) is 36.4 Å². The van der Waals surface area contributed by atoms with Gasteiger partial charge in [0.25, 0.3) is 0 Å². The second-order valence-corrected chi connectivity index (χ2v) is 7.02. The molecule has 2 aromatic rings. The highest BCUT2D eigenvalue weighted by molar-refractivity contribution is 5.80. The molecule has 0 spiro atoms. The molecule has 0 fully saturated rings. The van der Waals surface area contributed by atoms with E-state index in [-0.39, 0.29) is 11.9 Å². The normalized spacial score (nSPS) is 16.0. The Balaban J connectivity index is 2.05. The lowest BCUT2D eigenvalue weighted by Crippen LogP contribution is -2.45. The topological polar surface area (TPSA) is 42.0 Å². The van der Waals surface area contributed by atoms with Crippen molar-refractivity contribution in [3.63, 3.8) is 0 Å². The molecule has 1 heterocycles. The van der Waals surface area contributed by atoms with Crippen LogP contribution in [0.2, 0.25) is 0 Å². The Morgan fingerprint density at radius 2 is 1.71 bits per heavy atom. The summed E-state index contributed by atoms with van der Waals surface area (Å²) in [7, 11) is 3.30. The molecule has 0 saturated heterocycles. The molecular formula is C23H30N2O3. The molecule has 5 heteroatoms. The van der Waals surface area contributed by atoms with Crippen LogP contribution < -0.4 is 9.47 Å². The maximum absolute atomic E-state index is 13.2. The highest BCUT2D eigenvalue weighted by atomic mass is 16.5. The first-order valence-electron chi connectivity index (χ1n) is 9.94. The summed E-state index contributed by atoms with van der Waals surface area (Å²) in [6, 6.07) is 14.2. The highest BCUT2D eigenvalue weighted by Gasteiger charge is 2.33. The number of ether oxygens (including phenoxy) is 2. The van der Waals surface area contributed by atoms with E-state index in [0.29, 0.717) is 18.8 Å². The van der Waals surface area contributed by atoms with Crippen LogP contribution in [0.1, 0.15) is 36.6 Å². The van der Waals surface area contributed by atoms with Crippen LogP contribution in [0.25, 0.3) is 0 Å². The van der Waals surface area contributed by atoms with Gasteiger partial charge >= 0.3 is 0 Å². The highest BCUT2D eigenvalue weighted by Crippen LogP contribution is 2.41. The van der Waals surface area contributed by atoms with Crippen molar-refractivity contribution in [2.24, 2.45) is 0 Å². The van der Waals surface area contributed by atoms with Gasteiger partial charge in [-0.15, -0.1) is 0 Å². The fourth-order valence-corrected chi connectivity index (χ4v) is 3.94. The quantitative estimate of drug-likeness (QED) is 0.735. The molecular weight excluding hydrogens is 352 g/mol. The third kappa shape index (κ3) is 3.99. The Morgan fingerprint density at radius 3 is 2.32 bits per heavy atom. The molecule has 0 N–H and O–H groups in total. The summed E-state index contributed by atoms with van der Waals surface area (Å²) in [5.74, 6) is 1.59. The lowest BCUT2D eigenvalue weighted by Gasteiger charge is -2.39. The lowest BCUT2D eigenvalue weighted by atomic mass is 9.87. The number of rotatable bonds is 7. The minimum Gasteiger partial charge on any atom is -0.493 e. The van der Waals surface area contributed by atoms with Gasteiger partial charge in [-0.1, -0.05) is 44.2 Å². The van der Waals surface area contributed by atoms with Crippen molar-refractivity contribution in [1.29, 1.82) is 0 Å². The number of carbonyl (C=O) groups excluding carboxylic acids is 1. The first-order chi connectivity index (χ1) is 13.6. The van der Waals surface area contributed by atoms with Crippen molar-refractivity contribution < 1.29 is 14.3 Å². The SMILES string of the molecule is CCN(CC)CC(=O)N1CCc2cc(OC)c(OC)cc2C1c1ccccc1. The molecule has 1 aliphatic heterocycles. The summed E-state index contributed by atoms with van der Waals surface area (Å²) in [5.41, 5.74) is 3.44. The summed E-state index contributed by atoms with van der Waals surface area (Å²) in [4.78, 5) is 17.4. The molecule has 1 unspecified atom stereocenters. The predicted molar refractivity (Wildman–Crippen MR) is 111 cm³/mol. The predicted octanol–water partition coefficient (Wildman–Crippen LogP) is 3.52. The number of nitrogens with zero attached hydrogens (tertiary/aromatic N) is 2. The summed E-state index contributed by atoms with van der Waals surface area (Å²) >= 11 is 0. The fraction of sp³-hybridized carbons (Fsp3) is 0.435. The molecule has 5 nitrogen and oxygen atoms in total. The monoisotopic (exact) mass is 382 g/mol.